The molecule has 0 unspecified atom stereocenters. The number of rotatable bonds is 6. The molecule has 0 radical (unpaired) electrons. The third kappa shape index (κ3) is 4.93. The molecule has 10 heteroatoms. The highest BCUT2D eigenvalue weighted by molar-refractivity contribution is 6.11. The normalized spacial score (nSPS) is 11.3. The molecule has 0 aliphatic carbocycles. The maximum absolute atomic E-state index is 13.2. The molecule has 10 nitrogen and oxygen atoms in total. The van der Waals surface area contributed by atoms with E-state index in [0.29, 0.717) is 28.1 Å². The lowest BCUT2D eigenvalue weighted by Crippen LogP contribution is -2.12. The zero-order valence-corrected chi connectivity index (χ0v) is 21.5. The lowest BCUT2D eigenvalue weighted by Gasteiger charge is -2.12. The van der Waals surface area contributed by atoms with Crippen LogP contribution in [0.2, 0.25) is 0 Å². The Hall–Kier alpha value is -5.43. The standard InChI is InChI=1S/C29H24N8O2/c1-17(2)19-9-11-21(12-10-19)33-28(39)23-15-20-7-4-5-8-22(20)25(26(23)38)34-35-27-24(16-30)18(3)36-37(27)29-31-13-6-14-32-29/h4-15,17,38H,1-3H3,(H,33,39). The number of nitrogens with one attached hydrogen (secondary N) is 1. The molecule has 2 N–H and O–H groups in total. The van der Waals surface area contributed by atoms with Gasteiger partial charge < -0.3 is 10.4 Å². The number of hydrogen-bond donors (Lipinski definition) is 2. The maximum atomic E-state index is 13.2. The Bertz CT molecular complexity index is 1750. The zero-order valence-electron chi connectivity index (χ0n) is 21.5. The number of aromatic nitrogens is 4. The van der Waals surface area contributed by atoms with Crippen molar-refractivity contribution in [1.29, 1.82) is 5.26 Å². The number of aryl methyl sites for hydroxylation is 1. The molecule has 39 heavy (non-hydrogen) atoms. The number of aromatic hydroxyl groups is 1. The van der Waals surface area contributed by atoms with E-state index in [1.54, 1.807) is 43.6 Å². The monoisotopic (exact) mass is 516 g/mol. The molecule has 5 aromatic rings. The molecule has 0 spiro atoms. The summed E-state index contributed by atoms with van der Waals surface area (Å²) in [7, 11) is 0. The largest absolute Gasteiger partial charge is 0.505 e. The molecule has 0 bridgehead atoms. The maximum Gasteiger partial charge on any atom is 0.259 e. The third-order valence-corrected chi connectivity index (χ3v) is 6.21. The second-order valence-electron chi connectivity index (χ2n) is 9.13. The first kappa shape index (κ1) is 25.2. The average molecular weight is 517 g/mol. The highest BCUT2D eigenvalue weighted by Gasteiger charge is 2.21. The van der Waals surface area contributed by atoms with Crippen LogP contribution in [0.15, 0.2) is 83.3 Å². The SMILES string of the molecule is Cc1nn(-c2ncccn2)c(N=Nc2c(O)c(C(=O)Nc3ccc(C(C)C)cc3)cc3ccccc23)c1C#N. The van der Waals surface area contributed by atoms with Crippen LogP contribution in [-0.2, 0) is 0 Å². The van der Waals surface area contributed by atoms with E-state index in [-0.39, 0.29) is 34.3 Å². The minimum absolute atomic E-state index is 0.0344. The summed E-state index contributed by atoms with van der Waals surface area (Å²) >= 11 is 0. The van der Waals surface area contributed by atoms with Crippen LogP contribution in [0.4, 0.5) is 17.2 Å². The smallest absolute Gasteiger partial charge is 0.259 e. The van der Waals surface area contributed by atoms with E-state index in [9.17, 15) is 15.2 Å². The summed E-state index contributed by atoms with van der Waals surface area (Å²) in [4.78, 5) is 21.6. The van der Waals surface area contributed by atoms with Gasteiger partial charge in [0.15, 0.2) is 11.6 Å². The second kappa shape index (κ2) is 10.5. The Labute approximate surface area is 224 Å². The highest BCUT2D eigenvalue weighted by Crippen LogP contribution is 2.40. The van der Waals surface area contributed by atoms with E-state index < -0.39 is 5.91 Å². The number of phenols is 1. The predicted molar refractivity (Wildman–Crippen MR) is 147 cm³/mol. The van der Waals surface area contributed by atoms with Crippen molar-refractivity contribution < 1.29 is 9.90 Å². The van der Waals surface area contributed by atoms with Crippen LogP contribution in [0.5, 0.6) is 5.75 Å². The first-order valence-electron chi connectivity index (χ1n) is 12.2. The molecule has 2 heterocycles. The number of hydrogen-bond acceptors (Lipinski definition) is 8. The van der Waals surface area contributed by atoms with Gasteiger partial charge in [0, 0.05) is 23.5 Å². The number of carbonyl (C=O) groups excluding carboxylic acids is 1. The molecule has 192 valence electrons. The predicted octanol–water partition coefficient (Wildman–Crippen LogP) is 6.49. The lowest BCUT2D eigenvalue weighted by molar-refractivity contribution is 0.102. The zero-order chi connectivity index (χ0) is 27.5. The van der Waals surface area contributed by atoms with Crippen LogP contribution in [0.3, 0.4) is 0 Å². The fourth-order valence-corrected chi connectivity index (χ4v) is 4.12. The van der Waals surface area contributed by atoms with E-state index in [1.165, 1.54) is 4.68 Å². The van der Waals surface area contributed by atoms with Crippen molar-refractivity contribution >= 4 is 33.9 Å². The Morgan fingerprint density at radius 2 is 1.77 bits per heavy atom. The first-order chi connectivity index (χ1) is 18.9. The lowest BCUT2D eigenvalue weighted by atomic mass is 10.0. The number of anilines is 1. The first-order valence-corrected chi connectivity index (χ1v) is 12.2. The summed E-state index contributed by atoms with van der Waals surface area (Å²) in [6.07, 6.45) is 3.09. The van der Waals surface area contributed by atoms with E-state index in [2.05, 4.69) is 50.5 Å². The number of nitriles is 1. The quantitative estimate of drug-likeness (QED) is 0.247. The van der Waals surface area contributed by atoms with Crippen LogP contribution in [0.1, 0.15) is 46.9 Å². The molecular formula is C29H24N8O2. The summed E-state index contributed by atoms with van der Waals surface area (Å²) < 4.78 is 1.31. The van der Waals surface area contributed by atoms with Crippen molar-refractivity contribution in [2.45, 2.75) is 26.7 Å². The molecule has 0 saturated heterocycles. The number of nitrogens with zero attached hydrogens (tertiary/aromatic N) is 7. The van der Waals surface area contributed by atoms with Crippen LogP contribution in [-0.4, -0.2) is 30.8 Å². The summed E-state index contributed by atoms with van der Waals surface area (Å²) in [6, 6.07) is 20.1. The number of azo groups is 1. The van der Waals surface area contributed by atoms with Crippen molar-refractivity contribution in [3.63, 3.8) is 0 Å². The second-order valence-corrected chi connectivity index (χ2v) is 9.13. The number of phenolic OH excluding ortho intramolecular Hbond substituents is 1. The van der Waals surface area contributed by atoms with E-state index >= 15 is 0 Å². The van der Waals surface area contributed by atoms with Crippen molar-refractivity contribution in [2.24, 2.45) is 10.2 Å². The van der Waals surface area contributed by atoms with Gasteiger partial charge in [0.2, 0.25) is 0 Å². The topological polar surface area (TPSA) is 141 Å². The van der Waals surface area contributed by atoms with Gasteiger partial charge in [-0.15, -0.1) is 10.2 Å². The Morgan fingerprint density at radius 3 is 2.46 bits per heavy atom. The molecule has 0 aliphatic heterocycles. The number of benzene rings is 3. The molecule has 0 saturated carbocycles. The van der Waals surface area contributed by atoms with Gasteiger partial charge >= 0.3 is 0 Å². The molecule has 2 aromatic heterocycles. The van der Waals surface area contributed by atoms with Crippen LogP contribution >= 0.6 is 0 Å². The Kier molecular flexibility index (Phi) is 6.80. The summed E-state index contributed by atoms with van der Waals surface area (Å²) in [5.74, 6) is -0.164. The fraction of sp³-hybridized carbons (Fsp3) is 0.138. The van der Waals surface area contributed by atoms with Crippen molar-refractivity contribution in [2.75, 3.05) is 5.32 Å². The summed E-state index contributed by atoms with van der Waals surface area (Å²) in [5, 5.41) is 38.0. The number of carbonyl (C=O) groups is 1. The molecular weight excluding hydrogens is 492 g/mol. The van der Waals surface area contributed by atoms with Crippen LogP contribution in [0, 0.1) is 18.3 Å². The summed E-state index contributed by atoms with van der Waals surface area (Å²) in [6.45, 7) is 5.86. The highest BCUT2D eigenvalue weighted by atomic mass is 16.3. The van der Waals surface area contributed by atoms with Crippen molar-refractivity contribution in [3.05, 3.63) is 95.4 Å². The van der Waals surface area contributed by atoms with Gasteiger partial charge in [-0.25, -0.2) is 9.97 Å². The fourth-order valence-electron chi connectivity index (χ4n) is 4.12. The van der Waals surface area contributed by atoms with Crippen molar-refractivity contribution in [3.8, 4) is 17.8 Å². The molecule has 5 rings (SSSR count). The van der Waals surface area contributed by atoms with E-state index in [0.717, 1.165) is 5.56 Å². The van der Waals surface area contributed by atoms with Gasteiger partial charge in [-0.3, -0.25) is 4.79 Å². The number of fused-ring (bicyclic) bond motifs is 1. The van der Waals surface area contributed by atoms with Gasteiger partial charge in [0.05, 0.1) is 11.3 Å². The Balaban J connectivity index is 1.58. The average Bonchev–Trinajstić information content (AvgIpc) is 3.27. The van der Waals surface area contributed by atoms with Crippen LogP contribution in [0.25, 0.3) is 16.7 Å². The minimum Gasteiger partial charge on any atom is -0.505 e. The van der Waals surface area contributed by atoms with Gasteiger partial charge in [-0.1, -0.05) is 50.2 Å². The number of amides is 1. The molecule has 1 amide bonds. The van der Waals surface area contributed by atoms with E-state index in [4.69, 9.17) is 0 Å². The molecule has 0 aliphatic rings. The van der Waals surface area contributed by atoms with E-state index in [1.807, 2.05) is 36.4 Å². The third-order valence-electron chi connectivity index (χ3n) is 6.21. The van der Waals surface area contributed by atoms with Gasteiger partial charge in [0.25, 0.3) is 11.9 Å². The Morgan fingerprint density at radius 1 is 1.05 bits per heavy atom. The molecule has 3 aromatic carbocycles. The molecule has 0 fully saturated rings. The van der Waals surface area contributed by atoms with Gasteiger partial charge in [-0.2, -0.15) is 15.0 Å². The van der Waals surface area contributed by atoms with Crippen molar-refractivity contribution in [1.82, 2.24) is 19.7 Å². The molecule has 0 atom stereocenters. The minimum atomic E-state index is -0.497. The van der Waals surface area contributed by atoms with Gasteiger partial charge in [0.1, 0.15) is 17.3 Å². The van der Waals surface area contributed by atoms with Crippen LogP contribution < -0.4 is 5.32 Å². The van der Waals surface area contributed by atoms with Gasteiger partial charge in [-0.05, 0) is 48.1 Å². The summed E-state index contributed by atoms with van der Waals surface area (Å²) in [5.41, 5.74) is 2.47.